The third-order valence-corrected chi connectivity index (χ3v) is 3.15. The van der Waals surface area contributed by atoms with Gasteiger partial charge in [0.05, 0.1) is 23.8 Å². The van der Waals surface area contributed by atoms with Gasteiger partial charge in [0.25, 0.3) is 0 Å². The molecule has 0 aliphatic heterocycles. The lowest BCUT2D eigenvalue weighted by molar-refractivity contribution is -0.143. The molecule has 94 valence electrons. The van der Waals surface area contributed by atoms with Crippen LogP contribution in [0.15, 0.2) is 21.8 Å². The van der Waals surface area contributed by atoms with E-state index in [1.54, 1.807) is 6.07 Å². The Morgan fingerprint density at radius 1 is 1.28 bits per heavy atom. The molecule has 0 radical (unpaired) electrons. The van der Waals surface area contributed by atoms with Crippen LogP contribution in [0, 0.1) is 17.2 Å². The van der Waals surface area contributed by atoms with E-state index in [0.29, 0.717) is 0 Å². The maximum Gasteiger partial charge on any atom is 0.327 e. The molecular weight excluding hydrogens is 258 g/mol. The van der Waals surface area contributed by atoms with Gasteiger partial charge in [0, 0.05) is 11.1 Å². The van der Waals surface area contributed by atoms with Crippen LogP contribution >= 0.6 is 11.6 Å². The lowest BCUT2D eigenvalue weighted by atomic mass is 9.84. The van der Waals surface area contributed by atoms with E-state index in [-0.39, 0.29) is 21.8 Å². The summed E-state index contributed by atoms with van der Waals surface area (Å²) in [6.07, 6.45) is 0. The normalized spacial score (nSPS) is 17.7. The minimum Gasteiger partial charge on any atom is -0.468 e. The number of carbonyl (C=O) groups excluding carboxylic acids is 3. The fraction of sp³-hybridized carbons (Fsp3) is 0.333. The van der Waals surface area contributed by atoms with E-state index in [0.717, 1.165) is 7.11 Å². The number of carbonyl (C=O) groups is 3. The van der Waals surface area contributed by atoms with E-state index in [1.807, 2.05) is 0 Å². The zero-order chi connectivity index (χ0) is 14.0. The Labute approximate surface area is 109 Å². The first-order valence-corrected chi connectivity index (χ1v) is 5.38. The Balaban J connectivity index is 3.40. The summed E-state index contributed by atoms with van der Waals surface area (Å²) in [5.41, 5.74) is 0.0953. The van der Waals surface area contributed by atoms with Gasteiger partial charge < -0.3 is 4.74 Å². The number of nitriles is 1. The molecule has 0 bridgehead atoms. The van der Waals surface area contributed by atoms with Crippen molar-refractivity contribution in [3.8, 4) is 6.07 Å². The molecular formula is C12H10ClNO4. The first-order valence-electron chi connectivity index (χ1n) is 5.00. The maximum absolute atomic E-state index is 12.0. The molecule has 0 spiro atoms. The van der Waals surface area contributed by atoms with Gasteiger partial charge in [-0.1, -0.05) is 11.6 Å². The van der Waals surface area contributed by atoms with Crippen LogP contribution in [0.25, 0.3) is 0 Å². The number of rotatable bonds is 2. The molecule has 0 aromatic carbocycles. The average Bonchev–Trinajstić information content (AvgIpc) is 2.38. The lowest BCUT2D eigenvalue weighted by Crippen LogP contribution is -2.28. The minimum absolute atomic E-state index is 0.184. The predicted octanol–water partition coefficient (Wildman–Crippen LogP) is 1.28. The number of ketones is 2. The fourth-order valence-electron chi connectivity index (χ4n) is 1.54. The largest absolute Gasteiger partial charge is 0.468 e. The summed E-state index contributed by atoms with van der Waals surface area (Å²) in [7, 11) is 1.09. The van der Waals surface area contributed by atoms with Crippen LogP contribution in [0.4, 0.5) is 0 Å². The third-order valence-electron chi connectivity index (χ3n) is 2.78. The van der Waals surface area contributed by atoms with Crippen molar-refractivity contribution in [1.29, 1.82) is 5.26 Å². The van der Waals surface area contributed by atoms with Crippen molar-refractivity contribution in [2.24, 2.45) is 5.92 Å². The number of hydrogen-bond acceptors (Lipinski definition) is 5. The van der Waals surface area contributed by atoms with Gasteiger partial charge in [0.1, 0.15) is 0 Å². The van der Waals surface area contributed by atoms with E-state index in [1.165, 1.54) is 13.8 Å². The summed E-state index contributed by atoms with van der Waals surface area (Å²) >= 11 is 5.78. The molecule has 1 rings (SSSR count). The van der Waals surface area contributed by atoms with Gasteiger partial charge >= 0.3 is 5.97 Å². The summed E-state index contributed by atoms with van der Waals surface area (Å²) in [6.45, 7) is 2.92. The number of nitrogens with zero attached hydrogens (tertiary/aromatic N) is 1. The second kappa shape index (κ2) is 5.15. The molecule has 1 unspecified atom stereocenters. The maximum atomic E-state index is 12.0. The van der Waals surface area contributed by atoms with Crippen molar-refractivity contribution in [2.45, 2.75) is 13.8 Å². The summed E-state index contributed by atoms with van der Waals surface area (Å²) in [6, 6.07) is 1.63. The van der Waals surface area contributed by atoms with Crippen LogP contribution in [0.1, 0.15) is 13.8 Å². The zero-order valence-electron chi connectivity index (χ0n) is 10.0. The van der Waals surface area contributed by atoms with E-state index in [4.69, 9.17) is 16.9 Å². The Morgan fingerprint density at radius 3 is 2.22 bits per heavy atom. The number of hydrogen-bond donors (Lipinski definition) is 0. The van der Waals surface area contributed by atoms with Gasteiger partial charge in [0.15, 0.2) is 11.7 Å². The molecule has 1 atom stereocenters. The summed E-state index contributed by atoms with van der Waals surface area (Å²) in [5, 5.41) is 8.54. The van der Waals surface area contributed by atoms with Gasteiger partial charge in [-0.3, -0.25) is 14.4 Å². The molecule has 0 heterocycles. The van der Waals surface area contributed by atoms with Gasteiger partial charge in [-0.25, -0.2) is 0 Å². The van der Waals surface area contributed by atoms with Crippen LogP contribution in [0.5, 0.6) is 0 Å². The highest BCUT2D eigenvalue weighted by Gasteiger charge is 2.37. The van der Waals surface area contributed by atoms with Crippen molar-refractivity contribution in [3.05, 3.63) is 21.8 Å². The van der Waals surface area contributed by atoms with E-state index >= 15 is 0 Å². The van der Waals surface area contributed by atoms with E-state index in [2.05, 4.69) is 4.74 Å². The predicted molar refractivity (Wildman–Crippen MR) is 62.4 cm³/mol. The van der Waals surface area contributed by atoms with Crippen molar-refractivity contribution < 1.29 is 19.1 Å². The van der Waals surface area contributed by atoms with Crippen LogP contribution in [0.2, 0.25) is 0 Å². The number of Topliss-reactive ketones (excluding diaryl/α,β-unsaturated/α-hetero) is 2. The number of halogens is 1. The monoisotopic (exact) mass is 267 g/mol. The van der Waals surface area contributed by atoms with Crippen molar-refractivity contribution in [3.63, 3.8) is 0 Å². The highest BCUT2D eigenvalue weighted by Crippen LogP contribution is 2.31. The Bertz CT molecular complexity index is 551. The SMILES string of the molecule is COC(=O)C(C#N)C1=C(Cl)C(=O)C(C)=C(C)C1=O. The minimum atomic E-state index is -1.48. The molecule has 18 heavy (non-hydrogen) atoms. The third kappa shape index (κ3) is 2.07. The summed E-state index contributed by atoms with van der Waals surface area (Å²) < 4.78 is 4.42. The molecule has 0 aromatic heterocycles. The molecule has 5 nitrogen and oxygen atoms in total. The molecule has 0 saturated carbocycles. The molecule has 1 aliphatic carbocycles. The number of ether oxygens (including phenoxy) is 1. The smallest absolute Gasteiger partial charge is 0.327 e. The summed E-state index contributed by atoms with van der Waals surface area (Å²) in [4.78, 5) is 35.2. The van der Waals surface area contributed by atoms with Crippen molar-refractivity contribution in [2.75, 3.05) is 7.11 Å². The van der Waals surface area contributed by atoms with Gasteiger partial charge in [-0.05, 0) is 13.8 Å². The molecule has 0 aromatic rings. The standard InChI is InChI=1S/C12H10ClNO4/c1-5-6(2)11(16)9(13)8(10(5)15)7(4-14)12(17)18-3/h7H,1-3H3. The van der Waals surface area contributed by atoms with Gasteiger partial charge in [0.2, 0.25) is 5.78 Å². The molecule has 0 fully saturated rings. The Hall–Kier alpha value is -1.93. The van der Waals surface area contributed by atoms with Crippen molar-refractivity contribution >= 4 is 29.1 Å². The second-order valence-corrected chi connectivity index (χ2v) is 4.10. The quantitative estimate of drug-likeness (QED) is 0.556. The van der Waals surface area contributed by atoms with Crippen LogP contribution in [-0.4, -0.2) is 24.6 Å². The first-order chi connectivity index (χ1) is 8.36. The highest BCUT2D eigenvalue weighted by molar-refractivity contribution is 6.49. The average molecular weight is 268 g/mol. The Kier molecular flexibility index (Phi) is 4.04. The molecule has 0 amide bonds. The van der Waals surface area contributed by atoms with E-state index in [9.17, 15) is 14.4 Å². The topological polar surface area (TPSA) is 84.2 Å². The number of esters is 1. The fourth-order valence-corrected chi connectivity index (χ4v) is 1.88. The van der Waals surface area contributed by atoms with Crippen LogP contribution in [-0.2, 0) is 19.1 Å². The highest BCUT2D eigenvalue weighted by atomic mass is 35.5. The summed E-state index contributed by atoms with van der Waals surface area (Å²) in [5.74, 6) is -3.52. The number of allylic oxidation sites excluding steroid dienone is 3. The zero-order valence-corrected chi connectivity index (χ0v) is 10.8. The molecule has 1 aliphatic rings. The van der Waals surface area contributed by atoms with Gasteiger partial charge in [-0.15, -0.1) is 0 Å². The number of methoxy groups -OCH3 is 1. The van der Waals surface area contributed by atoms with Crippen LogP contribution in [0.3, 0.4) is 0 Å². The van der Waals surface area contributed by atoms with Crippen molar-refractivity contribution in [1.82, 2.24) is 0 Å². The molecule has 0 saturated heterocycles. The Morgan fingerprint density at radius 2 is 1.78 bits per heavy atom. The van der Waals surface area contributed by atoms with Gasteiger partial charge in [-0.2, -0.15) is 5.26 Å². The van der Waals surface area contributed by atoms with Crippen LogP contribution < -0.4 is 0 Å². The molecule has 6 heteroatoms. The van der Waals surface area contributed by atoms with E-state index < -0.39 is 23.5 Å². The lowest BCUT2D eigenvalue weighted by Gasteiger charge is -2.19. The molecule has 0 N–H and O–H groups in total. The first kappa shape index (κ1) is 14.1. The second-order valence-electron chi connectivity index (χ2n) is 3.72.